The van der Waals surface area contributed by atoms with Gasteiger partial charge in [-0.15, -0.1) is 0 Å². The predicted molar refractivity (Wildman–Crippen MR) is 88.2 cm³/mol. The zero-order valence-corrected chi connectivity index (χ0v) is 14.2. The van der Waals surface area contributed by atoms with Crippen molar-refractivity contribution >= 4 is 11.4 Å². The monoisotopic (exact) mass is 401 g/mol. The van der Waals surface area contributed by atoms with Crippen LogP contribution in [0.25, 0.3) is 4.85 Å². The van der Waals surface area contributed by atoms with E-state index in [-0.39, 0.29) is 18.1 Å². The van der Waals surface area contributed by atoms with E-state index in [1.165, 1.54) is 6.07 Å². The van der Waals surface area contributed by atoms with Crippen molar-refractivity contribution in [3.8, 4) is 5.88 Å². The molecule has 28 heavy (non-hydrogen) atoms. The van der Waals surface area contributed by atoms with E-state index in [2.05, 4.69) is 9.83 Å². The summed E-state index contributed by atoms with van der Waals surface area (Å²) in [4.78, 5) is 8.53. The van der Waals surface area contributed by atoms with E-state index in [1.807, 2.05) is 0 Å². The van der Waals surface area contributed by atoms with Crippen molar-refractivity contribution < 1.29 is 31.1 Å². The molecule has 148 valence electrons. The van der Waals surface area contributed by atoms with Gasteiger partial charge >= 0.3 is 12.4 Å². The Morgan fingerprint density at radius 1 is 1.04 bits per heavy atom. The highest BCUT2D eigenvalue weighted by atomic mass is 19.4. The first-order chi connectivity index (χ1) is 13.1. The van der Waals surface area contributed by atoms with Crippen LogP contribution < -0.4 is 9.64 Å². The lowest BCUT2D eigenvalue weighted by atomic mass is 10.1. The van der Waals surface area contributed by atoms with Crippen LogP contribution in [-0.4, -0.2) is 24.2 Å². The number of alkyl halides is 6. The Balaban J connectivity index is 1.70. The van der Waals surface area contributed by atoms with Crippen molar-refractivity contribution in [2.45, 2.75) is 24.9 Å². The van der Waals surface area contributed by atoms with Crippen molar-refractivity contribution in [1.29, 1.82) is 0 Å². The second-order valence-corrected chi connectivity index (χ2v) is 6.17. The lowest BCUT2D eigenvalue weighted by Crippen LogP contribution is -2.25. The molecule has 2 aromatic rings. The van der Waals surface area contributed by atoms with E-state index in [1.54, 1.807) is 4.90 Å². The lowest BCUT2D eigenvalue weighted by Gasteiger charge is -2.21. The minimum atomic E-state index is -4.54. The molecule has 1 saturated heterocycles. The van der Waals surface area contributed by atoms with Gasteiger partial charge in [0.25, 0.3) is 0 Å². The highest BCUT2D eigenvalue weighted by molar-refractivity contribution is 5.72. The number of aromatic nitrogens is 1. The first kappa shape index (κ1) is 19.8. The molecule has 0 radical (unpaired) electrons. The fourth-order valence-corrected chi connectivity index (χ4v) is 2.89. The van der Waals surface area contributed by atoms with E-state index >= 15 is 0 Å². The van der Waals surface area contributed by atoms with Crippen LogP contribution in [0.5, 0.6) is 5.88 Å². The topological polar surface area (TPSA) is 29.7 Å². The molecular formula is C18H13F6N3O. The molecule has 0 aliphatic carbocycles. The summed E-state index contributed by atoms with van der Waals surface area (Å²) in [5.41, 5.74) is -1.56. The maximum absolute atomic E-state index is 12.8. The summed E-state index contributed by atoms with van der Waals surface area (Å²) in [5, 5.41) is 0. The summed E-state index contributed by atoms with van der Waals surface area (Å²) >= 11 is 0. The molecule has 0 spiro atoms. The van der Waals surface area contributed by atoms with Crippen LogP contribution in [0.3, 0.4) is 0 Å². The summed E-state index contributed by atoms with van der Waals surface area (Å²) in [6, 6.07) is 4.94. The highest BCUT2D eigenvalue weighted by Gasteiger charge is 2.33. The van der Waals surface area contributed by atoms with Gasteiger partial charge in [0, 0.05) is 36.5 Å². The Morgan fingerprint density at radius 2 is 1.71 bits per heavy atom. The largest absolute Gasteiger partial charge is 0.472 e. The minimum absolute atomic E-state index is 0.0256. The molecule has 3 rings (SSSR count). The fraction of sp³-hybridized carbons (Fsp3) is 0.333. The van der Waals surface area contributed by atoms with Crippen LogP contribution in [0, 0.1) is 6.57 Å². The Bertz CT molecular complexity index is 886. The molecule has 1 fully saturated rings. The second kappa shape index (κ2) is 7.22. The Kier molecular flexibility index (Phi) is 5.10. The number of ether oxygens (including phenoxy) is 1. The van der Waals surface area contributed by atoms with Crippen molar-refractivity contribution in [3.05, 3.63) is 59.1 Å². The van der Waals surface area contributed by atoms with Crippen LogP contribution in [0.2, 0.25) is 0 Å². The van der Waals surface area contributed by atoms with Gasteiger partial charge in [0.2, 0.25) is 11.6 Å². The number of anilines is 1. The van der Waals surface area contributed by atoms with Crippen LogP contribution >= 0.6 is 0 Å². The normalized spacial score (nSPS) is 17.5. The predicted octanol–water partition coefficient (Wildman–Crippen LogP) is 5.33. The highest BCUT2D eigenvalue weighted by Crippen LogP contribution is 2.38. The van der Waals surface area contributed by atoms with Gasteiger partial charge in [-0.25, -0.2) is 9.83 Å². The van der Waals surface area contributed by atoms with Crippen LogP contribution in [0.15, 0.2) is 36.5 Å². The van der Waals surface area contributed by atoms with E-state index in [4.69, 9.17) is 11.3 Å². The van der Waals surface area contributed by atoms with Gasteiger partial charge < -0.3 is 9.64 Å². The van der Waals surface area contributed by atoms with Gasteiger partial charge in [-0.2, -0.15) is 26.3 Å². The average molecular weight is 401 g/mol. The molecule has 0 N–H and O–H groups in total. The molecule has 1 aromatic heterocycles. The molecule has 0 bridgehead atoms. The fourth-order valence-electron chi connectivity index (χ4n) is 2.89. The van der Waals surface area contributed by atoms with Gasteiger partial charge in [0.05, 0.1) is 18.7 Å². The van der Waals surface area contributed by atoms with Crippen molar-refractivity contribution in [2.75, 3.05) is 18.0 Å². The molecule has 0 unspecified atom stereocenters. The van der Waals surface area contributed by atoms with Gasteiger partial charge in [0.15, 0.2) is 0 Å². The molecule has 0 saturated carbocycles. The minimum Gasteiger partial charge on any atom is -0.472 e. The van der Waals surface area contributed by atoms with E-state index in [0.29, 0.717) is 24.8 Å². The van der Waals surface area contributed by atoms with Crippen LogP contribution in [0.1, 0.15) is 17.5 Å². The number of halogens is 6. The maximum atomic E-state index is 12.8. The second-order valence-electron chi connectivity index (χ2n) is 6.17. The van der Waals surface area contributed by atoms with Crippen LogP contribution in [-0.2, 0) is 12.4 Å². The number of hydrogen-bond donors (Lipinski definition) is 0. The summed E-state index contributed by atoms with van der Waals surface area (Å²) in [6.07, 6.45) is -8.28. The number of hydrogen-bond acceptors (Lipinski definition) is 3. The molecule has 1 aliphatic rings. The molecule has 10 heteroatoms. The lowest BCUT2D eigenvalue weighted by molar-refractivity contribution is -0.138. The number of rotatable bonds is 3. The molecule has 1 aromatic carbocycles. The molecule has 1 atom stereocenters. The van der Waals surface area contributed by atoms with Gasteiger partial charge in [-0.1, -0.05) is 6.07 Å². The Labute approximate surface area is 156 Å². The smallest absolute Gasteiger partial charge is 0.417 e. The van der Waals surface area contributed by atoms with Crippen molar-refractivity contribution in [3.63, 3.8) is 0 Å². The van der Waals surface area contributed by atoms with Crippen molar-refractivity contribution in [2.24, 2.45) is 0 Å². The molecule has 4 nitrogen and oxygen atoms in total. The van der Waals surface area contributed by atoms with E-state index < -0.39 is 29.6 Å². The zero-order chi connectivity index (χ0) is 20.5. The number of pyridine rings is 1. The Morgan fingerprint density at radius 3 is 2.29 bits per heavy atom. The molecule has 0 amide bonds. The quantitative estimate of drug-likeness (QED) is 0.515. The van der Waals surface area contributed by atoms with Crippen LogP contribution in [0.4, 0.5) is 37.7 Å². The van der Waals surface area contributed by atoms with Gasteiger partial charge in [-0.05, 0) is 18.2 Å². The van der Waals surface area contributed by atoms with Gasteiger partial charge in [0.1, 0.15) is 6.10 Å². The molecular weight excluding hydrogens is 388 g/mol. The molecule has 2 heterocycles. The van der Waals surface area contributed by atoms with Gasteiger partial charge in [-0.3, -0.25) is 0 Å². The number of benzene rings is 1. The Hall–Kier alpha value is -2.96. The van der Waals surface area contributed by atoms with E-state index in [0.717, 1.165) is 24.3 Å². The van der Waals surface area contributed by atoms with E-state index in [9.17, 15) is 26.3 Å². The number of nitrogens with zero attached hydrogens (tertiary/aromatic N) is 3. The summed E-state index contributed by atoms with van der Waals surface area (Å²) in [6.45, 7) is 7.85. The standard InChI is InChI=1S/C18H13F6N3O/c1-25-14-8-11(17(19,20)21)2-4-15(14)27-7-6-13(10-27)28-16-5-3-12(9-26-16)18(22,23)24/h2-5,8-9,13H,6-7,10H2/t13-/m0/s1. The average Bonchev–Trinajstić information content (AvgIpc) is 3.08. The first-order valence-corrected chi connectivity index (χ1v) is 8.11. The maximum Gasteiger partial charge on any atom is 0.417 e. The zero-order valence-electron chi connectivity index (χ0n) is 14.2. The summed E-state index contributed by atoms with van der Waals surface area (Å²) in [7, 11) is 0. The third kappa shape index (κ3) is 4.30. The SMILES string of the molecule is [C-]#[N+]c1cc(C(F)(F)F)ccc1N1CC[C@H](Oc2ccc(C(F)(F)F)cn2)C1. The summed E-state index contributed by atoms with van der Waals surface area (Å²) in [5.74, 6) is 0.0256. The third-order valence-corrected chi connectivity index (χ3v) is 4.26. The van der Waals surface area contributed by atoms with Crippen molar-refractivity contribution in [1.82, 2.24) is 4.98 Å². The third-order valence-electron chi connectivity index (χ3n) is 4.26. The molecule has 1 aliphatic heterocycles. The first-order valence-electron chi connectivity index (χ1n) is 8.11. The summed E-state index contributed by atoms with van der Waals surface area (Å²) < 4.78 is 81.7.